The van der Waals surface area contributed by atoms with E-state index in [1.807, 2.05) is 0 Å². The Morgan fingerprint density at radius 2 is 2.50 bits per heavy atom. The highest BCUT2D eigenvalue weighted by Crippen LogP contribution is 2.01. The lowest BCUT2D eigenvalue weighted by atomic mass is 10.2. The van der Waals surface area contributed by atoms with Crippen LogP contribution in [0.1, 0.15) is 22.5 Å². The fraction of sp³-hybridized carbons (Fsp3) is 0.375. The molecule has 0 atom stereocenters. The maximum absolute atomic E-state index is 11.5. The smallest absolute Gasteiger partial charge is 0.254 e. The summed E-state index contributed by atoms with van der Waals surface area (Å²) in [5, 5.41) is 9.13. The summed E-state index contributed by atoms with van der Waals surface area (Å²) < 4.78 is 0. The molecule has 1 aromatic heterocycles. The van der Waals surface area contributed by atoms with Gasteiger partial charge in [-0.05, 0) is 6.92 Å². The molecule has 0 unspecified atom stereocenters. The van der Waals surface area contributed by atoms with Gasteiger partial charge in [-0.2, -0.15) is 5.10 Å². The molecule has 0 spiro atoms. The highest BCUT2D eigenvalue weighted by Gasteiger charge is 2.09. The summed E-state index contributed by atoms with van der Waals surface area (Å²) in [5.74, 6) is -0.160. The van der Waals surface area contributed by atoms with Crippen LogP contribution in [0.5, 0.6) is 0 Å². The number of aromatic amines is 1. The van der Waals surface area contributed by atoms with E-state index in [1.54, 1.807) is 6.92 Å². The van der Waals surface area contributed by atoms with Gasteiger partial charge in [0.05, 0.1) is 16.7 Å². The Labute approximate surface area is 87.1 Å². The van der Waals surface area contributed by atoms with Crippen molar-refractivity contribution in [3.05, 3.63) is 17.5 Å². The molecule has 6 heteroatoms. The molecule has 0 aliphatic heterocycles. The molecular weight excluding hydrogens is 200 g/mol. The van der Waals surface area contributed by atoms with E-state index in [1.165, 1.54) is 6.20 Å². The quantitative estimate of drug-likeness (QED) is 0.619. The van der Waals surface area contributed by atoms with Crippen LogP contribution in [-0.2, 0) is 0 Å². The molecule has 0 bridgehead atoms. The van der Waals surface area contributed by atoms with Gasteiger partial charge in [0.15, 0.2) is 0 Å². The fourth-order valence-corrected chi connectivity index (χ4v) is 1.08. The molecule has 0 aliphatic rings. The first-order valence-corrected chi connectivity index (χ1v) is 4.58. The average molecular weight is 212 g/mol. The molecule has 1 aromatic rings. The van der Waals surface area contributed by atoms with E-state index in [0.717, 1.165) is 5.69 Å². The van der Waals surface area contributed by atoms with Crippen molar-refractivity contribution in [2.24, 2.45) is 5.73 Å². The minimum Gasteiger partial charge on any atom is -0.393 e. The van der Waals surface area contributed by atoms with Gasteiger partial charge in [0.25, 0.3) is 5.91 Å². The van der Waals surface area contributed by atoms with Crippen molar-refractivity contribution in [2.75, 3.05) is 6.54 Å². The molecule has 1 amide bonds. The molecular formula is C8H12N4OS. The average Bonchev–Trinajstić information content (AvgIpc) is 2.50. The number of nitrogens with two attached hydrogens (primary N) is 1. The number of amides is 1. The first-order chi connectivity index (χ1) is 6.61. The van der Waals surface area contributed by atoms with Gasteiger partial charge in [0.2, 0.25) is 0 Å². The second-order valence-corrected chi connectivity index (χ2v) is 3.41. The molecule has 0 saturated heterocycles. The van der Waals surface area contributed by atoms with Gasteiger partial charge in [-0.25, -0.2) is 0 Å². The van der Waals surface area contributed by atoms with Crippen LogP contribution < -0.4 is 11.1 Å². The van der Waals surface area contributed by atoms with Crippen molar-refractivity contribution >= 4 is 23.1 Å². The summed E-state index contributed by atoms with van der Waals surface area (Å²) in [4.78, 5) is 11.9. The number of nitrogens with zero attached hydrogens (tertiary/aromatic N) is 1. The summed E-state index contributed by atoms with van der Waals surface area (Å²) in [6, 6.07) is 0. The number of nitrogens with one attached hydrogen (secondary N) is 2. The number of thiocarbonyl (C=S) groups is 1. The van der Waals surface area contributed by atoms with Crippen LogP contribution >= 0.6 is 12.2 Å². The van der Waals surface area contributed by atoms with E-state index in [9.17, 15) is 4.79 Å². The number of carbonyl (C=O) groups is 1. The van der Waals surface area contributed by atoms with Crippen LogP contribution in [0.2, 0.25) is 0 Å². The number of aromatic nitrogens is 2. The van der Waals surface area contributed by atoms with E-state index < -0.39 is 0 Å². The largest absolute Gasteiger partial charge is 0.393 e. The Kier molecular flexibility index (Phi) is 3.58. The molecule has 1 rings (SSSR count). The van der Waals surface area contributed by atoms with E-state index in [2.05, 4.69) is 27.7 Å². The van der Waals surface area contributed by atoms with Crippen molar-refractivity contribution in [2.45, 2.75) is 13.3 Å². The van der Waals surface area contributed by atoms with Crippen LogP contribution in [0.4, 0.5) is 0 Å². The third kappa shape index (κ3) is 2.81. The predicted octanol–water partition coefficient (Wildman–Crippen LogP) is 0.124. The van der Waals surface area contributed by atoms with E-state index in [4.69, 9.17) is 5.73 Å². The van der Waals surface area contributed by atoms with Gasteiger partial charge in [0, 0.05) is 18.7 Å². The molecule has 0 aliphatic carbocycles. The fourth-order valence-electron chi connectivity index (χ4n) is 0.974. The first-order valence-electron chi connectivity index (χ1n) is 4.17. The van der Waals surface area contributed by atoms with Crippen LogP contribution in [0.3, 0.4) is 0 Å². The van der Waals surface area contributed by atoms with Crippen molar-refractivity contribution in [3.63, 3.8) is 0 Å². The Bertz CT molecular complexity index is 347. The number of hydrogen-bond donors (Lipinski definition) is 3. The SMILES string of the molecule is Cc1[nH]ncc1C(=O)NCCC(N)=S. The number of H-pyrrole nitrogens is 1. The Morgan fingerprint density at radius 1 is 1.79 bits per heavy atom. The molecule has 5 nitrogen and oxygen atoms in total. The van der Waals surface area contributed by atoms with Gasteiger partial charge in [-0.3, -0.25) is 9.89 Å². The summed E-state index contributed by atoms with van der Waals surface area (Å²) >= 11 is 4.68. The lowest BCUT2D eigenvalue weighted by Gasteiger charge is -2.02. The highest BCUT2D eigenvalue weighted by molar-refractivity contribution is 7.80. The van der Waals surface area contributed by atoms with Gasteiger partial charge in [-0.15, -0.1) is 0 Å². The van der Waals surface area contributed by atoms with Gasteiger partial charge >= 0.3 is 0 Å². The summed E-state index contributed by atoms with van der Waals surface area (Å²) in [7, 11) is 0. The van der Waals surface area contributed by atoms with E-state index in [-0.39, 0.29) is 5.91 Å². The topological polar surface area (TPSA) is 83.8 Å². The molecule has 1 heterocycles. The van der Waals surface area contributed by atoms with Gasteiger partial charge < -0.3 is 11.1 Å². The highest BCUT2D eigenvalue weighted by atomic mass is 32.1. The third-order valence-electron chi connectivity index (χ3n) is 1.73. The summed E-state index contributed by atoms with van der Waals surface area (Å²) in [5.41, 5.74) is 6.59. The Hall–Kier alpha value is -1.43. The van der Waals surface area contributed by atoms with Crippen LogP contribution in [-0.4, -0.2) is 27.6 Å². The number of hydrogen-bond acceptors (Lipinski definition) is 3. The standard InChI is InChI=1S/C8H12N4OS/c1-5-6(4-11-12-5)8(13)10-3-2-7(9)14/h4H,2-3H2,1H3,(H2,9,14)(H,10,13)(H,11,12). The lowest BCUT2D eigenvalue weighted by Crippen LogP contribution is -2.27. The molecule has 0 aromatic carbocycles. The maximum Gasteiger partial charge on any atom is 0.254 e. The lowest BCUT2D eigenvalue weighted by molar-refractivity contribution is 0.0954. The number of aryl methyl sites for hydroxylation is 1. The number of rotatable bonds is 4. The molecule has 4 N–H and O–H groups in total. The Morgan fingerprint density at radius 3 is 3.00 bits per heavy atom. The zero-order valence-electron chi connectivity index (χ0n) is 7.83. The van der Waals surface area contributed by atoms with Crippen molar-refractivity contribution < 1.29 is 4.79 Å². The monoisotopic (exact) mass is 212 g/mol. The van der Waals surface area contributed by atoms with Crippen molar-refractivity contribution in [1.82, 2.24) is 15.5 Å². The van der Waals surface area contributed by atoms with Crippen LogP contribution in [0.15, 0.2) is 6.20 Å². The second-order valence-electron chi connectivity index (χ2n) is 2.88. The van der Waals surface area contributed by atoms with Gasteiger partial charge in [0.1, 0.15) is 0 Å². The van der Waals surface area contributed by atoms with Crippen molar-refractivity contribution in [1.29, 1.82) is 0 Å². The molecule has 0 fully saturated rings. The van der Waals surface area contributed by atoms with Crippen LogP contribution in [0.25, 0.3) is 0 Å². The molecule has 0 radical (unpaired) electrons. The maximum atomic E-state index is 11.5. The van der Waals surface area contributed by atoms with E-state index >= 15 is 0 Å². The normalized spacial score (nSPS) is 9.79. The minimum atomic E-state index is -0.160. The zero-order valence-corrected chi connectivity index (χ0v) is 8.65. The summed E-state index contributed by atoms with van der Waals surface area (Å²) in [6.07, 6.45) is 2.00. The predicted molar refractivity (Wildman–Crippen MR) is 57.1 cm³/mol. The van der Waals surface area contributed by atoms with Crippen molar-refractivity contribution in [3.8, 4) is 0 Å². The molecule has 0 saturated carbocycles. The third-order valence-corrected chi connectivity index (χ3v) is 1.94. The Balaban J connectivity index is 2.44. The van der Waals surface area contributed by atoms with Gasteiger partial charge in [-0.1, -0.05) is 12.2 Å². The van der Waals surface area contributed by atoms with E-state index in [0.29, 0.717) is 23.5 Å². The molecule has 14 heavy (non-hydrogen) atoms. The first kappa shape index (κ1) is 10.6. The zero-order chi connectivity index (χ0) is 10.6. The number of carbonyl (C=O) groups excluding carboxylic acids is 1. The molecule has 76 valence electrons. The van der Waals surface area contributed by atoms with Crippen LogP contribution in [0, 0.1) is 6.92 Å². The second kappa shape index (κ2) is 4.71. The summed E-state index contributed by atoms with van der Waals surface area (Å²) in [6.45, 7) is 2.24. The minimum absolute atomic E-state index is 0.160.